The van der Waals surface area contributed by atoms with E-state index in [9.17, 15) is 4.79 Å². The zero-order valence-electron chi connectivity index (χ0n) is 14.0. The van der Waals surface area contributed by atoms with E-state index in [1.165, 1.54) is 6.33 Å². The van der Waals surface area contributed by atoms with Crippen LogP contribution in [0.15, 0.2) is 37.1 Å². The first kappa shape index (κ1) is 16.2. The minimum Gasteiger partial charge on any atom is -0.377 e. The maximum Gasteiger partial charge on any atom is 0.272 e. The molecule has 8 nitrogen and oxygen atoms in total. The number of carbonyl (C=O) groups is 1. The molecular formula is C17H21N5O3. The summed E-state index contributed by atoms with van der Waals surface area (Å²) in [6, 6.07) is 5.37. The van der Waals surface area contributed by atoms with Crippen molar-refractivity contribution in [1.82, 2.24) is 24.6 Å². The fourth-order valence-electron chi connectivity index (χ4n) is 3.51. The van der Waals surface area contributed by atoms with Gasteiger partial charge in [0.05, 0.1) is 32.4 Å². The molecule has 2 aromatic heterocycles. The number of aromatic nitrogens is 4. The fourth-order valence-corrected chi connectivity index (χ4v) is 3.51. The topological polar surface area (TPSA) is 82.4 Å². The van der Waals surface area contributed by atoms with Crippen molar-refractivity contribution in [2.24, 2.45) is 0 Å². The van der Waals surface area contributed by atoms with Crippen LogP contribution in [0.3, 0.4) is 0 Å². The van der Waals surface area contributed by atoms with Crippen LogP contribution in [0.25, 0.3) is 0 Å². The minimum absolute atomic E-state index is 0.0511. The van der Waals surface area contributed by atoms with Gasteiger partial charge in [-0.05, 0) is 25.0 Å². The summed E-state index contributed by atoms with van der Waals surface area (Å²) in [7, 11) is 0. The van der Waals surface area contributed by atoms with E-state index >= 15 is 0 Å². The molecule has 0 aliphatic carbocycles. The van der Waals surface area contributed by atoms with E-state index in [4.69, 9.17) is 9.47 Å². The largest absolute Gasteiger partial charge is 0.377 e. The third-order valence-electron chi connectivity index (χ3n) is 4.72. The van der Waals surface area contributed by atoms with Crippen LogP contribution in [0.2, 0.25) is 0 Å². The second kappa shape index (κ2) is 6.89. The molecule has 2 fully saturated rings. The Morgan fingerprint density at radius 3 is 3.16 bits per heavy atom. The molecule has 2 aliphatic heterocycles. The lowest BCUT2D eigenvalue weighted by Gasteiger charge is -2.31. The second-order valence-electron chi connectivity index (χ2n) is 6.57. The molecule has 4 rings (SSSR count). The van der Waals surface area contributed by atoms with Gasteiger partial charge in [0.25, 0.3) is 5.91 Å². The van der Waals surface area contributed by atoms with Gasteiger partial charge in [-0.15, -0.1) is 0 Å². The summed E-state index contributed by atoms with van der Waals surface area (Å²) in [6.07, 6.45) is 6.67. The van der Waals surface area contributed by atoms with Gasteiger partial charge in [0.15, 0.2) is 0 Å². The van der Waals surface area contributed by atoms with E-state index in [1.807, 2.05) is 6.07 Å². The maximum atomic E-state index is 12.8. The van der Waals surface area contributed by atoms with E-state index < -0.39 is 5.60 Å². The molecule has 2 aromatic rings. The molecule has 2 aliphatic rings. The summed E-state index contributed by atoms with van der Waals surface area (Å²) < 4.78 is 13.9. The fraction of sp³-hybridized carbons (Fsp3) is 0.529. The Labute approximate surface area is 145 Å². The highest BCUT2D eigenvalue weighted by Gasteiger charge is 2.44. The SMILES string of the molecule is O=C(c1ccccn1)N1CCOC[C@@]2(CC[C@H](Cn3cncn3)O2)C1. The van der Waals surface area contributed by atoms with Crippen molar-refractivity contribution < 1.29 is 14.3 Å². The van der Waals surface area contributed by atoms with E-state index in [-0.39, 0.29) is 12.0 Å². The van der Waals surface area contributed by atoms with Gasteiger partial charge in [-0.1, -0.05) is 6.07 Å². The van der Waals surface area contributed by atoms with Gasteiger partial charge in [0.2, 0.25) is 0 Å². The van der Waals surface area contributed by atoms with Crippen LogP contribution in [0, 0.1) is 0 Å². The second-order valence-corrected chi connectivity index (χ2v) is 6.57. The summed E-state index contributed by atoms with van der Waals surface area (Å²) in [4.78, 5) is 22.7. The van der Waals surface area contributed by atoms with Gasteiger partial charge in [-0.3, -0.25) is 14.5 Å². The van der Waals surface area contributed by atoms with Crippen molar-refractivity contribution >= 4 is 5.91 Å². The summed E-state index contributed by atoms with van der Waals surface area (Å²) in [5.41, 5.74) is 0.00310. The van der Waals surface area contributed by atoms with Crippen LogP contribution in [-0.4, -0.2) is 68.6 Å². The molecule has 0 bridgehead atoms. The first-order valence-electron chi connectivity index (χ1n) is 8.52. The third-order valence-corrected chi connectivity index (χ3v) is 4.72. The minimum atomic E-state index is -0.452. The highest BCUT2D eigenvalue weighted by molar-refractivity contribution is 5.92. The van der Waals surface area contributed by atoms with Crippen molar-refractivity contribution in [2.75, 3.05) is 26.3 Å². The number of carbonyl (C=O) groups excluding carboxylic acids is 1. The highest BCUT2D eigenvalue weighted by Crippen LogP contribution is 2.33. The number of hydrogen-bond acceptors (Lipinski definition) is 6. The molecule has 25 heavy (non-hydrogen) atoms. The molecular weight excluding hydrogens is 322 g/mol. The van der Waals surface area contributed by atoms with Crippen LogP contribution >= 0.6 is 0 Å². The Morgan fingerprint density at radius 2 is 2.36 bits per heavy atom. The van der Waals surface area contributed by atoms with Crippen LogP contribution in [-0.2, 0) is 16.0 Å². The van der Waals surface area contributed by atoms with Gasteiger partial charge >= 0.3 is 0 Å². The average Bonchev–Trinajstić information content (AvgIpc) is 3.23. The van der Waals surface area contributed by atoms with Crippen molar-refractivity contribution in [2.45, 2.75) is 31.1 Å². The van der Waals surface area contributed by atoms with Crippen molar-refractivity contribution in [3.63, 3.8) is 0 Å². The first-order chi connectivity index (χ1) is 12.2. The molecule has 1 spiro atoms. The molecule has 2 atom stereocenters. The molecule has 8 heteroatoms. The van der Waals surface area contributed by atoms with Gasteiger partial charge in [-0.25, -0.2) is 4.98 Å². The highest BCUT2D eigenvalue weighted by atomic mass is 16.6. The Morgan fingerprint density at radius 1 is 1.40 bits per heavy atom. The van der Waals surface area contributed by atoms with E-state index in [2.05, 4.69) is 15.1 Å². The van der Waals surface area contributed by atoms with E-state index in [0.29, 0.717) is 38.5 Å². The van der Waals surface area contributed by atoms with E-state index in [0.717, 1.165) is 12.8 Å². The lowest BCUT2D eigenvalue weighted by atomic mass is 10.00. The van der Waals surface area contributed by atoms with Gasteiger partial charge < -0.3 is 14.4 Å². The predicted molar refractivity (Wildman–Crippen MR) is 87.8 cm³/mol. The van der Waals surface area contributed by atoms with Gasteiger partial charge in [-0.2, -0.15) is 5.10 Å². The normalized spacial score (nSPS) is 26.7. The lowest BCUT2D eigenvalue weighted by Crippen LogP contribution is -2.47. The summed E-state index contributed by atoms with van der Waals surface area (Å²) in [5.74, 6) is -0.0752. The molecule has 0 aromatic carbocycles. The maximum absolute atomic E-state index is 12.8. The summed E-state index contributed by atoms with van der Waals surface area (Å²) >= 11 is 0. The molecule has 0 N–H and O–H groups in total. The van der Waals surface area contributed by atoms with Crippen LogP contribution < -0.4 is 0 Å². The molecule has 0 radical (unpaired) electrons. The van der Waals surface area contributed by atoms with Crippen LogP contribution in [0.1, 0.15) is 23.3 Å². The number of hydrogen-bond donors (Lipinski definition) is 0. The van der Waals surface area contributed by atoms with E-state index in [1.54, 1.807) is 34.2 Å². The Balaban J connectivity index is 1.46. The molecule has 0 unspecified atom stereocenters. The number of nitrogens with zero attached hydrogens (tertiary/aromatic N) is 5. The van der Waals surface area contributed by atoms with Crippen LogP contribution in [0.4, 0.5) is 0 Å². The van der Waals surface area contributed by atoms with Crippen molar-refractivity contribution in [3.05, 3.63) is 42.7 Å². The zero-order valence-corrected chi connectivity index (χ0v) is 14.0. The smallest absolute Gasteiger partial charge is 0.272 e. The monoisotopic (exact) mass is 343 g/mol. The van der Waals surface area contributed by atoms with Crippen molar-refractivity contribution in [1.29, 1.82) is 0 Å². The Kier molecular flexibility index (Phi) is 4.46. The third kappa shape index (κ3) is 3.54. The number of rotatable bonds is 3. The summed E-state index contributed by atoms with van der Waals surface area (Å²) in [6.45, 7) is 2.75. The molecule has 1 amide bonds. The summed E-state index contributed by atoms with van der Waals surface area (Å²) in [5, 5.41) is 4.14. The standard InChI is InChI=1S/C17H21N5O3/c23-16(15-3-1-2-6-19-15)21-7-8-24-11-17(10-21)5-4-14(25-17)9-22-13-18-12-20-22/h1-3,6,12-14H,4-5,7-11H2/t14-,17-/m1/s1. The predicted octanol–water partition coefficient (Wildman–Crippen LogP) is 0.763. The Bertz CT molecular complexity index is 708. The number of pyridine rings is 1. The lowest BCUT2D eigenvalue weighted by molar-refractivity contribution is -0.0881. The zero-order chi connectivity index (χ0) is 17.1. The molecule has 132 valence electrons. The molecule has 4 heterocycles. The Hall–Kier alpha value is -2.32. The number of amides is 1. The average molecular weight is 343 g/mol. The van der Waals surface area contributed by atoms with Crippen LogP contribution in [0.5, 0.6) is 0 Å². The van der Waals surface area contributed by atoms with Gasteiger partial charge in [0, 0.05) is 12.7 Å². The molecule has 2 saturated heterocycles. The van der Waals surface area contributed by atoms with Gasteiger partial charge in [0.1, 0.15) is 23.9 Å². The first-order valence-corrected chi connectivity index (χ1v) is 8.52. The molecule has 0 saturated carbocycles. The quantitative estimate of drug-likeness (QED) is 0.818. The number of ether oxygens (including phenoxy) is 2. The van der Waals surface area contributed by atoms with Crippen molar-refractivity contribution in [3.8, 4) is 0 Å².